The number of nitrogens with zero attached hydrogens (tertiary/aromatic N) is 2. The van der Waals surface area contributed by atoms with Crippen LogP contribution in [0.15, 0.2) is 30.7 Å². The standard InChI is InChI=1S/C8H6ClN3/c9-8-4-7(11-5-12-8)6-2-1-3-10-6/h1-5,10H. The van der Waals surface area contributed by atoms with E-state index in [-0.39, 0.29) is 0 Å². The molecule has 0 saturated carbocycles. The molecule has 4 heteroatoms. The van der Waals surface area contributed by atoms with Gasteiger partial charge in [-0.2, -0.15) is 0 Å². The van der Waals surface area contributed by atoms with Crippen molar-refractivity contribution in [2.45, 2.75) is 0 Å². The molecule has 0 atom stereocenters. The maximum absolute atomic E-state index is 5.70. The van der Waals surface area contributed by atoms with Crippen molar-refractivity contribution in [3.8, 4) is 11.4 Å². The summed E-state index contributed by atoms with van der Waals surface area (Å²) in [6.45, 7) is 0. The molecular weight excluding hydrogens is 174 g/mol. The molecule has 3 nitrogen and oxygen atoms in total. The maximum atomic E-state index is 5.70. The molecule has 2 aromatic rings. The van der Waals surface area contributed by atoms with E-state index in [1.54, 1.807) is 6.07 Å². The van der Waals surface area contributed by atoms with Gasteiger partial charge in [-0.3, -0.25) is 0 Å². The fraction of sp³-hybridized carbons (Fsp3) is 0. The molecule has 2 rings (SSSR count). The van der Waals surface area contributed by atoms with Gasteiger partial charge in [-0.25, -0.2) is 9.97 Å². The Hall–Kier alpha value is -1.35. The molecule has 0 aromatic carbocycles. The monoisotopic (exact) mass is 179 g/mol. The van der Waals surface area contributed by atoms with Crippen molar-refractivity contribution >= 4 is 11.6 Å². The molecule has 2 aromatic heterocycles. The summed E-state index contributed by atoms with van der Waals surface area (Å²) in [4.78, 5) is 10.9. The fourth-order valence-electron chi connectivity index (χ4n) is 0.971. The van der Waals surface area contributed by atoms with Crippen molar-refractivity contribution < 1.29 is 0 Å². The average Bonchev–Trinajstić information content (AvgIpc) is 2.56. The average molecular weight is 180 g/mol. The lowest BCUT2D eigenvalue weighted by Crippen LogP contribution is -1.84. The first-order valence-electron chi connectivity index (χ1n) is 3.47. The van der Waals surface area contributed by atoms with Crippen molar-refractivity contribution in [2.24, 2.45) is 0 Å². The van der Waals surface area contributed by atoms with Crippen LogP contribution >= 0.6 is 11.6 Å². The van der Waals surface area contributed by atoms with Crippen LogP contribution in [-0.2, 0) is 0 Å². The maximum Gasteiger partial charge on any atom is 0.133 e. The highest BCUT2D eigenvalue weighted by Crippen LogP contribution is 2.15. The van der Waals surface area contributed by atoms with Gasteiger partial charge in [0.15, 0.2) is 0 Å². The highest BCUT2D eigenvalue weighted by atomic mass is 35.5. The van der Waals surface area contributed by atoms with Crippen molar-refractivity contribution in [1.82, 2.24) is 15.0 Å². The summed E-state index contributed by atoms with van der Waals surface area (Å²) in [6.07, 6.45) is 3.28. The molecular formula is C8H6ClN3. The first kappa shape index (κ1) is 7.31. The van der Waals surface area contributed by atoms with Crippen LogP contribution in [0.25, 0.3) is 11.4 Å². The lowest BCUT2D eigenvalue weighted by Gasteiger charge is -1.95. The van der Waals surface area contributed by atoms with Crippen LogP contribution in [0.1, 0.15) is 0 Å². The van der Waals surface area contributed by atoms with E-state index in [1.807, 2.05) is 18.3 Å². The topological polar surface area (TPSA) is 41.6 Å². The molecule has 0 saturated heterocycles. The summed E-state index contributed by atoms with van der Waals surface area (Å²) in [7, 11) is 0. The van der Waals surface area contributed by atoms with Gasteiger partial charge in [0.2, 0.25) is 0 Å². The summed E-state index contributed by atoms with van der Waals surface area (Å²) in [5.74, 6) is 0. The van der Waals surface area contributed by atoms with E-state index < -0.39 is 0 Å². The Morgan fingerprint density at radius 3 is 2.92 bits per heavy atom. The van der Waals surface area contributed by atoms with Crippen molar-refractivity contribution in [1.29, 1.82) is 0 Å². The Morgan fingerprint density at radius 1 is 1.33 bits per heavy atom. The molecule has 0 fully saturated rings. The van der Waals surface area contributed by atoms with Crippen LogP contribution in [0, 0.1) is 0 Å². The van der Waals surface area contributed by atoms with Crippen molar-refractivity contribution in [3.63, 3.8) is 0 Å². The first-order chi connectivity index (χ1) is 5.86. The number of nitrogens with one attached hydrogen (secondary N) is 1. The second-order valence-corrected chi connectivity index (χ2v) is 2.70. The highest BCUT2D eigenvalue weighted by molar-refractivity contribution is 6.29. The lowest BCUT2D eigenvalue weighted by molar-refractivity contribution is 1.16. The van der Waals surface area contributed by atoms with E-state index in [0.717, 1.165) is 11.4 Å². The normalized spacial score (nSPS) is 10.1. The van der Waals surface area contributed by atoms with Crippen LogP contribution in [-0.4, -0.2) is 15.0 Å². The van der Waals surface area contributed by atoms with Crippen LogP contribution in [0.2, 0.25) is 5.15 Å². The predicted molar refractivity (Wildman–Crippen MR) is 46.8 cm³/mol. The third kappa shape index (κ3) is 1.31. The van der Waals surface area contributed by atoms with Crippen molar-refractivity contribution in [3.05, 3.63) is 35.9 Å². The lowest BCUT2D eigenvalue weighted by atomic mass is 10.3. The molecule has 0 aliphatic rings. The molecule has 2 heterocycles. The number of aromatic nitrogens is 3. The number of hydrogen-bond donors (Lipinski definition) is 1. The highest BCUT2D eigenvalue weighted by Gasteiger charge is 1.99. The second-order valence-electron chi connectivity index (χ2n) is 2.31. The van der Waals surface area contributed by atoms with Gasteiger partial charge in [0.05, 0.1) is 11.4 Å². The Morgan fingerprint density at radius 2 is 2.25 bits per heavy atom. The van der Waals surface area contributed by atoms with E-state index in [9.17, 15) is 0 Å². The Labute approximate surface area is 74.4 Å². The summed E-state index contributed by atoms with van der Waals surface area (Å²) >= 11 is 5.70. The summed E-state index contributed by atoms with van der Waals surface area (Å²) < 4.78 is 0. The minimum absolute atomic E-state index is 0.453. The summed E-state index contributed by atoms with van der Waals surface area (Å²) in [5.41, 5.74) is 1.75. The minimum atomic E-state index is 0.453. The van der Waals surface area contributed by atoms with Gasteiger partial charge in [0, 0.05) is 12.3 Å². The van der Waals surface area contributed by atoms with Gasteiger partial charge in [-0.05, 0) is 12.1 Å². The van der Waals surface area contributed by atoms with Crippen LogP contribution in [0.5, 0.6) is 0 Å². The first-order valence-corrected chi connectivity index (χ1v) is 3.85. The van der Waals surface area contributed by atoms with Gasteiger partial charge in [-0.15, -0.1) is 0 Å². The third-order valence-corrected chi connectivity index (χ3v) is 1.71. The zero-order valence-corrected chi connectivity index (χ0v) is 6.92. The van der Waals surface area contributed by atoms with E-state index in [2.05, 4.69) is 15.0 Å². The van der Waals surface area contributed by atoms with E-state index in [1.165, 1.54) is 6.33 Å². The number of hydrogen-bond acceptors (Lipinski definition) is 2. The third-order valence-electron chi connectivity index (χ3n) is 1.51. The van der Waals surface area contributed by atoms with E-state index in [0.29, 0.717) is 5.15 Å². The quantitative estimate of drug-likeness (QED) is 0.682. The van der Waals surface area contributed by atoms with Gasteiger partial charge in [0.1, 0.15) is 11.5 Å². The van der Waals surface area contributed by atoms with Gasteiger partial charge < -0.3 is 4.98 Å². The minimum Gasteiger partial charge on any atom is -0.360 e. The molecule has 60 valence electrons. The van der Waals surface area contributed by atoms with E-state index >= 15 is 0 Å². The summed E-state index contributed by atoms with van der Waals surface area (Å²) in [5, 5.41) is 0.453. The molecule has 0 bridgehead atoms. The Bertz CT molecular complexity index is 370. The molecule has 0 radical (unpaired) electrons. The number of H-pyrrole nitrogens is 1. The zero-order valence-electron chi connectivity index (χ0n) is 6.16. The number of rotatable bonds is 1. The SMILES string of the molecule is Clc1cc(-c2ccc[nH]2)ncn1. The number of aromatic amines is 1. The Balaban J connectivity index is 2.48. The second kappa shape index (κ2) is 2.95. The smallest absolute Gasteiger partial charge is 0.133 e. The van der Waals surface area contributed by atoms with Crippen LogP contribution in [0.4, 0.5) is 0 Å². The summed E-state index contributed by atoms with van der Waals surface area (Å²) in [6, 6.07) is 5.55. The van der Waals surface area contributed by atoms with Gasteiger partial charge in [0.25, 0.3) is 0 Å². The van der Waals surface area contributed by atoms with Crippen molar-refractivity contribution in [2.75, 3.05) is 0 Å². The molecule has 0 amide bonds. The fourth-order valence-corrected chi connectivity index (χ4v) is 1.12. The molecule has 1 N–H and O–H groups in total. The molecule has 0 unspecified atom stereocenters. The molecule has 0 spiro atoms. The molecule has 0 aliphatic heterocycles. The molecule has 12 heavy (non-hydrogen) atoms. The zero-order chi connectivity index (χ0) is 8.39. The Kier molecular flexibility index (Phi) is 1.80. The number of halogens is 1. The molecule has 0 aliphatic carbocycles. The van der Waals surface area contributed by atoms with Gasteiger partial charge in [-0.1, -0.05) is 11.6 Å². The predicted octanol–water partition coefficient (Wildman–Crippen LogP) is 2.13. The van der Waals surface area contributed by atoms with Gasteiger partial charge >= 0.3 is 0 Å². The van der Waals surface area contributed by atoms with E-state index in [4.69, 9.17) is 11.6 Å². The van der Waals surface area contributed by atoms with Crippen LogP contribution < -0.4 is 0 Å². The van der Waals surface area contributed by atoms with Crippen LogP contribution in [0.3, 0.4) is 0 Å². The largest absolute Gasteiger partial charge is 0.360 e.